The van der Waals surface area contributed by atoms with Crippen LogP contribution in [0.3, 0.4) is 0 Å². The molecule has 0 amide bonds. The number of rotatable bonds is 9. The van der Waals surface area contributed by atoms with Gasteiger partial charge in [-0.2, -0.15) is 0 Å². The fourth-order valence-electron chi connectivity index (χ4n) is 2.39. The molecule has 2 atom stereocenters. The highest BCUT2D eigenvalue weighted by Gasteiger charge is 2.34. The van der Waals surface area contributed by atoms with Crippen LogP contribution in [0.1, 0.15) is 64.7 Å². The van der Waals surface area contributed by atoms with E-state index in [0.29, 0.717) is 5.57 Å². The van der Waals surface area contributed by atoms with Crippen molar-refractivity contribution < 1.29 is 14.6 Å². The molecule has 3 heteroatoms. The number of esters is 1. The molecule has 0 saturated carbocycles. The van der Waals surface area contributed by atoms with E-state index in [1.54, 1.807) is 6.92 Å². The molecule has 0 spiro atoms. The van der Waals surface area contributed by atoms with Gasteiger partial charge in [-0.1, -0.05) is 38.2 Å². The van der Waals surface area contributed by atoms with E-state index in [0.717, 1.165) is 25.7 Å². The molecule has 1 saturated heterocycles. The minimum absolute atomic E-state index is 0.362. The summed E-state index contributed by atoms with van der Waals surface area (Å²) >= 11 is 0. The number of terminal acetylenes is 1. The summed E-state index contributed by atoms with van der Waals surface area (Å²) in [5.41, 5.74) is 0.437. The molecule has 1 heterocycles. The zero-order chi connectivity index (χ0) is 14.8. The van der Waals surface area contributed by atoms with Gasteiger partial charge in [0.15, 0.2) is 0 Å². The van der Waals surface area contributed by atoms with Crippen LogP contribution in [-0.4, -0.2) is 23.3 Å². The lowest BCUT2D eigenvalue weighted by Crippen LogP contribution is -2.17. The Morgan fingerprint density at radius 3 is 2.35 bits per heavy atom. The molecule has 20 heavy (non-hydrogen) atoms. The van der Waals surface area contributed by atoms with Crippen molar-refractivity contribution in [2.45, 2.75) is 76.9 Å². The third-order valence-corrected chi connectivity index (χ3v) is 3.68. The van der Waals surface area contributed by atoms with Crippen LogP contribution < -0.4 is 0 Å². The van der Waals surface area contributed by atoms with Gasteiger partial charge in [-0.3, -0.25) is 0 Å². The lowest BCUT2D eigenvalue weighted by atomic mass is 10.0. The van der Waals surface area contributed by atoms with Crippen molar-refractivity contribution >= 4 is 5.97 Å². The molecule has 0 bridgehead atoms. The van der Waals surface area contributed by atoms with Crippen LogP contribution in [0, 0.1) is 12.3 Å². The van der Waals surface area contributed by atoms with Gasteiger partial charge in [-0.15, -0.1) is 12.3 Å². The number of unbranched alkanes of at least 4 members (excludes halogenated alkanes) is 8. The SMILES string of the molecule is C#CCCCCCCCCCC=C1C(=O)O[C@H](C)[C@H]1O. The van der Waals surface area contributed by atoms with E-state index in [1.807, 2.05) is 6.08 Å². The largest absolute Gasteiger partial charge is 0.456 e. The average Bonchev–Trinajstić information content (AvgIpc) is 2.67. The van der Waals surface area contributed by atoms with Gasteiger partial charge in [-0.25, -0.2) is 4.79 Å². The maximum atomic E-state index is 11.4. The lowest BCUT2D eigenvalue weighted by molar-refractivity contribution is -0.138. The monoisotopic (exact) mass is 278 g/mol. The Morgan fingerprint density at radius 1 is 1.20 bits per heavy atom. The lowest BCUT2D eigenvalue weighted by Gasteiger charge is -2.04. The predicted octanol–water partition coefficient (Wildman–Crippen LogP) is 3.36. The fourth-order valence-corrected chi connectivity index (χ4v) is 2.39. The number of allylic oxidation sites excluding steroid dienone is 1. The zero-order valence-corrected chi connectivity index (χ0v) is 12.4. The van der Waals surface area contributed by atoms with E-state index < -0.39 is 12.2 Å². The normalized spacial score (nSPS) is 23.9. The first-order chi connectivity index (χ1) is 9.66. The molecule has 0 unspecified atom stereocenters. The summed E-state index contributed by atoms with van der Waals surface area (Å²) in [6, 6.07) is 0. The maximum Gasteiger partial charge on any atom is 0.336 e. The maximum absolute atomic E-state index is 11.4. The second-order valence-corrected chi connectivity index (χ2v) is 5.43. The Balaban J connectivity index is 2.02. The second kappa shape index (κ2) is 9.61. The summed E-state index contributed by atoms with van der Waals surface area (Å²) in [5, 5.41) is 9.74. The quantitative estimate of drug-likeness (QED) is 0.304. The van der Waals surface area contributed by atoms with Gasteiger partial charge in [0, 0.05) is 6.42 Å². The molecule has 1 aliphatic rings. The molecule has 0 aromatic rings. The van der Waals surface area contributed by atoms with Gasteiger partial charge in [-0.05, 0) is 26.2 Å². The molecule has 0 aromatic heterocycles. The molecule has 1 aliphatic heterocycles. The summed E-state index contributed by atoms with van der Waals surface area (Å²) in [5.74, 6) is 2.30. The van der Waals surface area contributed by atoms with Crippen LogP contribution in [0.2, 0.25) is 0 Å². The topological polar surface area (TPSA) is 46.5 Å². The van der Waals surface area contributed by atoms with Crippen LogP contribution in [0.4, 0.5) is 0 Å². The first-order valence-electron chi connectivity index (χ1n) is 7.69. The predicted molar refractivity (Wildman–Crippen MR) is 80.0 cm³/mol. The van der Waals surface area contributed by atoms with Crippen molar-refractivity contribution in [2.24, 2.45) is 0 Å². The van der Waals surface area contributed by atoms with Crippen molar-refractivity contribution in [2.75, 3.05) is 0 Å². The molecule has 1 fully saturated rings. The molecule has 1 N–H and O–H groups in total. The molecule has 0 radical (unpaired) electrons. The number of ether oxygens (including phenoxy) is 1. The molecule has 0 aromatic carbocycles. The van der Waals surface area contributed by atoms with Crippen LogP contribution in [0.25, 0.3) is 0 Å². The number of aliphatic hydroxyl groups excluding tert-OH is 1. The first kappa shape index (κ1) is 16.8. The molecule has 0 aliphatic carbocycles. The number of carbonyl (C=O) groups excluding carboxylic acids is 1. The third-order valence-electron chi connectivity index (χ3n) is 3.68. The van der Waals surface area contributed by atoms with Crippen LogP contribution in [0.15, 0.2) is 11.6 Å². The van der Waals surface area contributed by atoms with Gasteiger partial charge < -0.3 is 9.84 Å². The number of carbonyl (C=O) groups is 1. The molecular formula is C17H26O3. The summed E-state index contributed by atoms with van der Waals surface area (Å²) in [7, 11) is 0. The summed E-state index contributed by atoms with van der Waals surface area (Å²) in [4.78, 5) is 11.4. The van der Waals surface area contributed by atoms with Gasteiger partial charge in [0.1, 0.15) is 12.2 Å². The smallest absolute Gasteiger partial charge is 0.336 e. The molecule has 112 valence electrons. The Morgan fingerprint density at radius 2 is 1.80 bits per heavy atom. The Hall–Kier alpha value is -1.27. The highest BCUT2D eigenvalue weighted by molar-refractivity contribution is 5.92. The van der Waals surface area contributed by atoms with Crippen molar-refractivity contribution in [1.29, 1.82) is 0 Å². The van der Waals surface area contributed by atoms with E-state index in [2.05, 4.69) is 5.92 Å². The molecular weight excluding hydrogens is 252 g/mol. The highest BCUT2D eigenvalue weighted by atomic mass is 16.6. The third kappa shape index (κ3) is 5.79. The highest BCUT2D eigenvalue weighted by Crippen LogP contribution is 2.22. The van der Waals surface area contributed by atoms with Crippen molar-refractivity contribution in [3.8, 4) is 12.3 Å². The Kier molecular flexibility index (Phi) is 8.06. The van der Waals surface area contributed by atoms with Gasteiger partial charge in [0.2, 0.25) is 0 Å². The van der Waals surface area contributed by atoms with E-state index in [1.165, 1.54) is 32.1 Å². The minimum atomic E-state index is -0.751. The van der Waals surface area contributed by atoms with E-state index in [-0.39, 0.29) is 5.97 Å². The van der Waals surface area contributed by atoms with Crippen molar-refractivity contribution in [1.82, 2.24) is 0 Å². The number of aliphatic hydroxyl groups is 1. The van der Waals surface area contributed by atoms with E-state index in [4.69, 9.17) is 11.2 Å². The van der Waals surface area contributed by atoms with E-state index in [9.17, 15) is 9.90 Å². The summed E-state index contributed by atoms with van der Waals surface area (Å²) in [6.07, 6.45) is 15.9. The second-order valence-electron chi connectivity index (χ2n) is 5.43. The summed E-state index contributed by atoms with van der Waals surface area (Å²) < 4.78 is 4.96. The Labute approximate surface area is 122 Å². The zero-order valence-electron chi connectivity index (χ0n) is 12.4. The van der Waals surface area contributed by atoms with Crippen molar-refractivity contribution in [3.05, 3.63) is 11.6 Å². The van der Waals surface area contributed by atoms with Crippen molar-refractivity contribution in [3.63, 3.8) is 0 Å². The van der Waals surface area contributed by atoms with Crippen LogP contribution >= 0.6 is 0 Å². The van der Waals surface area contributed by atoms with Gasteiger partial charge in [0.05, 0.1) is 5.57 Å². The summed E-state index contributed by atoms with van der Waals surface area (Å²) in [6.45, 7) is 1.71. The van der Waals surface area contributed by atoms with Crippen LogP contribution in [-0.2, 0) is 9.53 Å². The Bertz CT molecular complexity index is 365. The van der Waals surface area contributed by atoms with Gasteiger partial charge in [0.25, 0.3) is 0 Å². The fraction of sp³-hybridized carbons (Fsp3) is 0.706. The minimum Gasteiger partial charge on any atom is -0.456 e. The number of hydrogen-bond acceptors (Lipinski definition) is 3. The molecule has 1 rings (SSSR count). The van der Waals surface area contributed by atoms with Gasteiger partial charge >= 0.3 is 5.97 Å². The van der Waals surface area contributed by atoms with Crippen LogP contribution in [0.5, 0.6) is 0 Å². The first-order valence-corrected chi connectivity index (χ1v) is 7.69. The average molecular weight is 278 g/mol. The number of cyclic esters (lactones) is 1. The molecule has 3 nitrogen and oxygen atoms in total. The van der Waals surface area contributed by atoms with E-state index >= 15 is 0 Å². The number of hydrogen-bond donors (Lipinski definition) is 1. The standard InChI is InChI=1S/C17H26O3/c1-3-4-5-6-7-8-9-10-11-12-13-15-16(18)14(2)20-17(15)19/h1,13-14,16,18H,4-12H2,2H3/t14-,16-/m1/s1.